The summed E-state index contributed by atoms with van der Waals surface area (Å²) in [5.74, 6) is 3.70. The molecule has 2 heteroatoms. The molecule has 0 aromatic rings. The van der Waals surface area contributed by atoms with Crippen LogP contribution in [0.4, 0.5) is 0 Å². The van der Waals surface area contributed by atoms with E-state index in [2.05, 4.69) is 58.3 Å². The summed E-state index contributed by atoms with van der Waals surface area (Å²) in [4.78, 5) is 5.67. The summed E-state index contributed by atoms with van der Waals surface area (Å²) in [6.45, 7) is 18.3. The van der Waals surface area contributed by atoms with Crippen molar-refractivity contribution in [3.05, 3.63) is 0 Å². The summed E-state index contributed by atoms with van der Waals surface area (Å²) in [5, 5.41) is 0. The zero-order valence-electron chi connectivity index (χ0n) is 16.6. The molecule has 134 valence electrons. The van der Waals surface area contributed by atoms with E-state index in [1.54, 1.807) is 0 Å². The summed E-state index contributed by atoms with van der Waals surface area (Å²) in [7, 11) is 0. The van der Waals surface area contributed by atoms with Gasteiger partial charge in [0.2, 0.25) is 0 Å². The second-order valence-corrected chi connectivity index (χ2v) is 9.66. The van der Waals surface area contributed by atoms with Crippen molar-refractivity contribution in [2.45, 2.75) is 104 Å². The molecule has 0 aromatic heterocycles. The Morgan fingerprint density at radius 1 is 0.913 bits per heavy atom. The van der Waals surface area contributed by atoms with Gasteiger partial charge in [0.05, 0.1) is 0 Å². The summed E-state index contributed by atoms with van der Waals surface area (Å²) in [6.07, 6.45) is 5.79. The first-order valence-corrected chi connectivity index (χ1v) is 10.4. The molecule has 2 saturated heterocycles. The summed E-state index contributed by atoms with van der Waals surface area (Å²) in [6, 6.07) is 4.05. The predicted octanol–water partition coefficient (Wildman–Crippen LogP) is 4.64. The van der Waals surface area contributed by atoms with Crippen LogP contribution in [0.3, 0.4) is 0 Å². The maximum atomic E-state index is 2.89. The first-order chi connectivity index (χ1) is 10.8. The van der Waals surface area contributed by atoms with Crippen molar-refractivity contribution in [3.8, 4) is 0 Å². The Balaban J connectivity index is 1.59. The van der Waals surface area contributed by atoms with Crippen molar-refractivity contribution in [2.24, 2.45) is 23.7 Å². The number of rotatable bonds is 6. The molecule has 4 unspecified atom stereocenters. The molecule has 2 heterocycles. The molecule has 0 N–H and O–H groups in total. The molecule has 3 fully saturated rings. The Bertz CT molecular complexity index is 403. The highest BCUT2D eigenvalue weighted by atomic mass is 15.3. The number of hydrogen-bond acceptors (Lipinski definition) is 2. The highest BCUT2D eigenvalue weighted by Gasteiger charge is 2.61. The molecule has 3 aliphatic rings. The molecule has 1 saturated carbocycles. The van der Waals surface area contributed by atoms with E-state index in [1.165, 1.54) is 32.2 Å². The Kier molecular flexibility index (Phi) is 5.14. The van der Waals surface area contributed by atoms with E-state index in [4.69, 9.17) is 0 Å². The molecule has 0 amide bonds. The van der Waals surface area contributed by atoms with Crippen LogP contribution in [0.5, 0.6) is 0 Å². The Hall–Kier alpha value is -0.0800. The number of hydrogen-bond donors (Lipinski definition) is 0. The molecular weight excluding hydrogens is 280 g/mol. The van der Waals surface area contributed by atoms with Crippen molar-refractivity contribution in [3.63, 3.8) is 0 Å². The van der Waals surface area contributed by atoms with Crippen LogP contribution in [0.25, 0.3) is 0 Å². The standard InChI is InChI=1S/C21H40N2/c1-13(2)20-12-18-17(21(18)23(20)15(5)6)11-16(7)19-9-8-10-22(19)14(3)4/h13-21H,8-12H2,1-7H3/t16?,17?,18?,19-,20-,21?/m0/s1. The van der Waals surface area contributed by atoms with Gasteiger partial charge in [-0.2, -0.15) is 0 Å². The third-order valence-corrected chi connectivity index (χ3v) is 7.20. The number of nitrogens with zero attached hydrogens (tertiary/aromatic N) is 2. The number of piperidine rings is 1. The van der Waals surface area contributed by atoms with Gasteiger partial charge in [-0.15, -0.1) is 0 Å². The average Bonchev–Trinajstić information content (AvgIpc) is 2.90. The van der Waals surface area contributed by atoms with Gasteiger partial charge in [0.1, 0.15) is 0 Å². The smallest absolute Gasteiger partial charge is 0.0165 e. The predicted molar refractivity (Wildman–Crippen MR) is 99.6 cm³/mol. The molecule has 0 aromatic carbocycles. The molecule has 6 atom stereocenters. The fourth-order valence-electron chi connectivity index (χ4n) is 6.11. The van der Waals surface area contributed by atoms with Crippen molar-refractivity contribution >= 4 is 0 Å². The van der Waals surface area contributed by atoms with Crippen LogP contribution in [0.1, 0.15) is 74.1 Å². The fourth-order valence-corrected chi connectivity index (χ4v) is 6.11. The van der Waals surface area contributed by atoms with Gasteiger partial charge in [0.15, 0.2) is 0 Å². The van der Waals surface area contributed by atoms with E-state index in [0.717, 1.165) is 53.9 Å². The highest BCUT2D eigenvalue weighted by Crippen LogP contribution is 2.58. The lowest BCUT2D eigenvalue weighted by atomic mass is 9.90. The van der Waals surface area contributed by atoms with Crippen LogP contribution < -0.4 is 0 Å². The SMILES string of the molecule is CC(CC1C2C[C@@H](C(C)C)N(C(C)C)C12)[C@@H]1CCCN1C(C)C. The molecule has 1 aliphatic carbocycles. The van der Waals surface area contributed by atoms with Gasteiger partial charge in [0, 0.05) is 30.2 Å². The minimum atomic E-state index is 0.719. The number of likely N-dealkylation sites (tertiary alicyclic amines) is 2. The lowest BCUT2D eigenvalue weighted by Crippen LogP contribution is -2.43. The zero-order chi connectivity index (χ0) is 16.9. The van der Waals surface area contributed by atoms with Gasteiger partial charge in [-0.1, -0.05) is 20.8 Å². The molecular formula is C21H40N2. The van der Waals surface area contributed by atoms with Gasteiger partial charge in [-0.05, 0) is 83.6 Å². The summed E-state index contributed by atoms with van der Waals surface area (Å²) < 4.78 is 0. The van der Waals surface area contributed by atoms with Crippen molar-refractivity contribution in [2.75, 3.05) is 6.54 Å². The van der Waals surface area contributed by atoms with Crippen LogP contribution in [-0.4, -0.2) is 46.6 Å². The third-order valence-electron chi connectivity index (χ3n) is 7.20. The minimum absolute atomic E-state index is 0.719. The van der Waals surface area contributed by atoms with E-state index >= 15 is 0 Å². The Morgan fingerprint density at radius 3 is 2.17 bits per heavy atom. The molecule has 2 aliphatic heterocycles. The molecule has 0 bridgehead atoms. The second-order valence-electron chi connectivity index (χ2n) is 9.66. The normalized spacial score (nSPS) is 39.7. The van der Waals surface area contributed by atoms with Gasteiger partial charge in [-0.3, -0.25) is 9.80 Å². The minimum Gasteiger partial charge on any atom is -0.298 e. The third kappa shape index (κ3) is 3.23. The first-order valence-electron chi connectivity index (χ1n) is 10.4. The number of fused-ring (bicyclic) bond motifs is 1. The summed E-state index contributed by atoms with van der Waals surface area (Å²) in [5.41, 5.74) is 0. The second kappa shape index (κ2) is 6.67. The van der Waals surface area contributed by atoms with Crippen molar-refractivity contribution in [1.82, 2.24) is 9.80 Å². The molecule has 0 spiro atoms. The maximum Gasteiger partial charge on any atom is 0.0165 e. The quantitative estimate of drug-likeness (QED) is 0.703. The lowest BCUT2D eigenvalue weighted by molar-refractivity contribution is 0.109. The van der Waals surface area contributed by atoms with Gasteiger partial charge in [0.25, 0.3) is 0 Å². The van der Waals surface area contributed by atoms with Crippen LogP contribution in [0.15, 0.2) is 0 Å². The van der Waals surface area contributed by atoms with E-state index in [9.17, 15) is 0 Å². The van der Waals surface area contributed by atoms with E-state index in [1.807, 2.05) is 0 Å². The monoisotopic (exact) mass is 320 g/mol. The zero-order valence-corrected chi connectivity index (χ0v) is 16.6. The average molecular weight is 321 g/mol. The van der Waals surface area contributed by atoms with Crippen LogP contribution in [0.2, 0.25) is 0 Å². The van der Waals surface area contributed by atoms with Crippen LogP contribution in [0, 0.1) is 23.7 Å². The molecule has 0 radical (unpaired) electrons. The van der Waals surface area contributed by atoms with Gasteiger partial charge in [-0.25, -0.2) is 0 Å². The van der Waals surface area contributed by atoms with E-state index in [0.29, 0.717) is 0 Å². The van der Waals surface area contributed by atoms with Gasteiger partial charge >= 0.3 is 0 Å². The molecule has 23 heavy (non-hydrogen) atoms. The topological polar surface area (TPSA) is 6.48 Å². The van der Waals surface area contributed by atoms with E-state index in [-0.39, 0.29) is 0 Å². The van der Waals surface area contributed by atoms with Crippen LogP contribution >= 0.6 is 0 Å². The fraction of sp³-hybridized carbons (Fsp3) is 1.00. The Morgan fingerprint density at radius 2 is 1.61 bits per heavy atom. The molecule has 3 rings (SSSR count). The lowest BCUT2D eigenvalue weighted by Gasteiger charge is -2.36. The first kappa shape index (κ1) is 17.7. The van der Waals surface area contributed by atoms with Crippen molar-refractivity contribution < 1.29 is 0 Å². The Labute approximate surface area is 145 Å². The summed E-state index contributed by atoms with van der Waals surface area (Å²) >= 11 is 0. The van der Waals surface area contributed by atoms with Crippen molar-refractivity contribution in [1.29, 1.82) is 0 Å². The largest absolute Gasteiger partial charge is 0.298 e. The molecule has 2 nitrogen and oxygen atoms in total. The maximum absolute atomic E-state index is 2.89. The van der Waals surface area contributed by atoms with Gasteiger partial charge < -0.3 is 0 Å². The van der Waals surface area contributed by atoms with Crippen LogP contribution in [-0.2, 0) is 0 Å². The van der Waals surface area contributed by atoms with E-state index < -0.39 is 0 Å². The highest BCUT2D eigenvalue weighted by molar-refractivity contribution is 5.14.